The van der Waals surface area contributed by atoms with Crippen molar-refractivity contribution < 1.29 is 14.3 Å². The van der Waals surface area contributed by atoms with Gasteiger partial charge in [-0.2, -0.15) is 5.10 Å². The molecule has 0 unspecified atom stereocenters. The summed E-state index contributed by atoms with van der Waals surface area (Å²) in [5.41, 5.74) is 0.742. The standard InChI is InChI=1S/C11H10FN3O2/c12-4-6-15-7-8(11(16)17)10(14-15)9-3-1-2-5-13-9/h1-3,5,7H,4,6H2,(H,16,17). The zero-order chi connectivity index (χ0) is 12.3. The summed E-state index contributed by atoms with van der Waals surface area (Å²) in [5.74, 6) is -1.10. The minimum absolute atomic E-state index is 0.0251. The van der Waals surface area contributed by atoms with Gasteiger partial charge in [-0.1, -0.05) is 6.07 Å². The van der Waals surface area contributed by atoms with E-state index < -0.39 is 12.6 Å². The van der Waals surface area contributed by atoms with E-state index in [0.29, 0.717) is 5.69 Å². The molecule has 1 N–H and O–H groups in total. The number of carboxylic acids is 1. The van der Waals surface area contributed by atoms with Crippen LogP contribution >= 0.6 is 0 Å². The lowest BCUT2D eigenvalue weighted by atomic mass is 10.2. The highest BCUT2D eigenvalue weighted by molar-refractivity contribution is 5.94. The van der Waals surface area contributed by atoms with Gasteiger partial charge in [0.25, 0.3) is 0 Å². The molecule has 0 aliphatic rings. The molecule has 0 atom stereocenters. The number of aromatic nitrogens is 3. The number of aromatic carboxylic acids is 1. The van der Waals surface area contributed by atoms with Gasteiger partial charge in [0, 0.05) is 12.4 Å². The van der Waals surface area contributed by atoms with Crippen LogP contribution in [-0.4, -0.2) is 32.5 Å². The molecule has 0 fully saturated rings. The molecule has 0 aliphatic heterocycles. The van der Waals surface area contributed by atoms with Crippen LogP contribution in [0.5, 0.6) is 0 Å². The average molecular weight is 235 g/mol. The minimum atomic E-state index is -1.10. The number of hydrogen-bond acceptors (Lipinski definition) is 3. The maximum atomic E-state index is 12.2. The minimum Gasteiger partial charge on any atom is -0.478 e. The van der Waals surface area contributed by atoms with Crippen LogP contribution in [0.1, 0.15) is 10.4 Å². The molecule has 0 saturated carbocycles. The Labute approximate surface area is 96.5 Å². The van der Waals surface area contributed by atoms with E-state index in [4.69, 9.17) is 5.11 Å². The predicted molar refractivity (Wildman–Crippen MR) is 58.4 cm³/mol. The Morgan fingerprint density at radius 3 is 2.88 bits per heavy atom. The maximum Gasteiger partial charge on any atom is 0.339 e. The fraction of sp³-hybridized carbons (Fsp3) is 0.182. The van der Waals surface area contributed by atoms with Gasteiger partial charge in [-0.05, 0) is 12.1 Å². The van der Waals surface area contributed by atoms with Gasteiger partial charge in [-0.25, -0.2) is 9.18 Å². The average Bonchev–Trinajstić information content (AvgIpc) is 2.75. The molecule has 0 radical (unpaired) electrons. The first-order valence-corrected chi connectivity index (χ1v) is 5.00. The van der Waals surface area contributed by atoms with Crippen LogP contribution in [-0.2, 0) is 6.54 Å². The Hall–Kier alpha value is -2.24. The van der Waals surface area contributed by atoms with Crippen molar-refractivity contribution in [2.75, 3.05) is 6.67 Å². The number of aryl methyl sites for hydroxylation is 1. The molecular formula is C11H10FN3O2. The van der Waals surface area contributed by atoms with Gasteiger partial charge in [0.05, 0.1) is 12.2 Å². The molecule has 6 heteroatoms. The highest BCUT2D eigenvalue weighted by Crippen LogP contribution is 2.19. The number of hydrogen-bond donors (Lipinski definition) is 1. The summed E-state index contributed by atoms with van der Waals surface area (Å²) >= 11 is 0. The van der Waals surface area contributed by atoms with Crippen LogP contribution in [0.4, 0.5) is 4.39 Å². The van der Waals surface area contributed by atoms with Gasteiger partial charge in [-0.3, -0.25) is 9.67 Å². The molecule has 2 aromatic rings. The van der Waals surface area contributed by atoms with Crippen molar-refractivity contribution in [2.45, 2.75) is 6.54 Å². The second-order valence-corrected chi connectivity index (χ2v) is 3.36. The van der Waals surface area contributed by atoms with Crippen molar-refractivity contribution in [3.8, 4) is 11.4 Å². The smallest absolute Gasteiger partial charge is 0.339 e. The third kappa shape index (κ3) is 2.30. The lowest BCUT2D eigenvalue weighted by molar-refractivity contribution is 0.0697. The fourth-order valence-corrected chi connectivity index (χ4v) is 1.47. The Balaban J connectivity index is 2.48. The largest absolute Gasteiger partial charge is 0.478 e. The molecule has 0 spiro atoms. The second-order valence-electron chi connectivity index (χ2n) is 3.36. The molecule has 2 rings (SSSR count). The van der Waals surface area contributed by atoms with Crippen LogP contribution in [0.15, 0.2) is 30.6 Å². The number of alkyl halides is 1. The van der Waals surface area contributed by atoms with Crippen LogP contribution < -0.4 is 0 Å². The van der Waals surface area contributed by atoms with Crippen LogP contribution in [0.3, 0.4) is 0 Å². The Kier molecular flexibility index (Phi) is 3.13. The van der Waals surface area contributed by atoms with E-state index in [0.717, 1.165) is 0 Å². The zero-order valence-corrected chi connectivity index (χ0v) is 8.88. The van der Waals surface area contributed by atoms with E-state index >= 15 is 0 Å². The normalized spacial score (nSPS) is 10.4. The number of rotatable bonds is 4. The molecule has 2 heterocycles. The van der Waals surface area contributed by atoms with Crippen LogP contribution in [0.2, 0.25) is 0 Å². The van der Waals surface area contributed by atoms with Crippen molar-refractivity contribution in [1.82, 2.24) is 14.8 Å². The highest BCUT2D eigenvalue weighted by Gasteiger charge is 2.17. The molecule has 0 aliphatic carbocycles. The Morgan fingerprint density at radius 1 is 1.47 bits per heavy atom. The van der Waals surface area contributed by atoms with E-state index in [2.05, 4.69) is 10.1 Å². The van der Waals surface area contributed by atoms with E-state index in [1.165, 1.54) is 10.9 Å². The Morgan fingerprint density at radius 2 is 2.29 bits per heavy atom. The SMILES string of the molecule is O=C(O)c1cn(CCF)nc1-c1ccccn1. The van der Waals surface area contributed by atoms with E-state index in [9.17, 15) is 9.18 Å². The third-order valence-electron chi connectivity index (χ3n) is 2.21. The summed E-state index contributed by atoms with van der Waals surface area (Å²) < 4.78 is 13.5. The molecule has 17 heavy (non-hydrogen) atoms. The number of nitrogens with zero attached hydrogens (tertiary/aromatic N) is 3. The maximum absolute atomic E-state index is 12.2. The third-order valence-corrected chi connectivity index (χ3v) is 2.21. The molecule has 2 aromatic heterocycles. The first-order valence-electron chi connectivity index (χ1n) is 5.00. The summed E-state index contributed by atoms with van der Waals surface area (Å²) in [6, 6.07) is 5.12. The lowest BCUT2D eigenvalue weighted by Crippen LogP contribution is -2.00. The van der Waals surface area contributed by atoms with E-state index in [1.54, 1.807) is 24.4 Å². The van der Waals surface area contributed by atoms with Crippen LogP contribution in [0.25, 0.3) is 11.4 Å². The molecule has 0 amide bonds. The molecular weight excluding hydrogens is 225 g/mol. The van der Waals surface area contributed by atoms with Crippen molar-refractivity contribution in [1.29, 1.82) is 0 Å². The first kappa shape index (κ1) is 11.3. The second kappa shape index (κ2) is 4.73. The van der Waals surface area contributed by atoms with Crippen molar-refractivity contribution in [2.24, 2.45) is 0 Å². The summed E-state index contributed by atoms with van der Waals surface area (Å²) in [6.07, 6.45) is 2.86. The van der Waals surface area contributed by atoms with Gasteiger partial charge in [0.15, 0.2) is 0 Å². The lowest BCUT2D eigenvalue weighted by Gasteiger charge is -1.96. The highest BCUT2D eigenvalue weighted by atomic mass is 19.1. The fourth-order valence-electron chi connectivity index (χ4n) is 1.47. The zero-order valence-electron chi connectivity index (χ0n) is 8.88. The molecule has 0 saturated heterocycles. The molecule has 5 nitrogen and oxygen atoms in total. The van der Waals surface area contributed by atoms with Gasteiger partial charge in [0.2, 0.25) is 0 Å². The number of carboxylic acid groups (broad SMARTS) is 1. The summed E-state index contributed by atoms with van der Waals surface area (Å²) in [6.45, 7) is -0.560. The Bertz CT molecular complexity index is 525. The van der Waals surface area contributed by atoms with E-state index in [-0.39, 0.29) is 17.8 Å². The molecule has 88 valence electrons. The van der Waals surface area contributed by atoms with Gasteiger partial charge in [0.1, 0.15) is 17.9 Å². The van der Waals surface area contributed by atoms with Gasteiger partial charge < -0.3 is 5.11 Å². The van der Waals surface area contributed by atoms with Crippen molar-refractivity contribution >= 4 is 5.97 Å². The number of halogens is 1. The molecule has 0 aromatic carbocycles. The van der Waals surface area contributed by atoms with Crippen molar-refractivity contribution in [3.63, 3.8) is 0 Å². The summed E-state index contributed by atoms with van der Waals surface area (Å²) in [5, 5.41) is 13.1. The number of pyridine rings is 1. The van der Waals surface area contributed by atoms with E-state index in [1.807, 2.05) is 0 Å². The predicted octanol–water partition coefficient (Wildman–Crippen LogP) is 1.61. The van der Waals surface area contributed by atoms with Crippen molar-refractivity contribution in [3.05, 3.63) is 36.2 Å². The van der Waals surface area contributed by atoms with Gasteiger partial charge >= 0.3 is 5.97 Å². The van der Waals surface area contributed by atoms with Crippen LogP contribution in [0, 0.1) is 0 Å². The quantitative estimate of drug-likeness (QED) is 0.874. The first-order chi connectivity index (χ1) is 8.22. The van der Waals surface area contributed by atoms with Gasteiger partial charge in [-0.15, -0.1) is 0 Å². The molecule has 0 bridgehead atoms. The number of carbonyl (C=O) groups is 1. The topological polar surface area (TPSA) is 68.0 Å². The summed E-state index contributed by atoms with van der Waals surface area (Å²) in [7, 11) is 0. The monoisotopic (exact) mass is 235 g/mol. The summed E-state index contributed by atoms with van der Waals surface area (Å²) in [4.78, 5) is 15.1.